The van der Waals surface area contributed by atoms with E-state index < -0.39 is 21.9 Å². The molecule has 0 aliphatic carbocycles. The highest BCUT2D eigenvalue weighted by atomic mass is 32.2. The number of hydrogen-bond donors (Lipinski definition) is 0. The van der Waals surface area contributed by atoms with Crippen LogP contribution in [0, 0.1) is 0 Å². The maximum absolute atomic E-state index is 12.4. The summed E-state index contributed by atoms with van der Waals surface area (Å²) in [6.07, 6.45) is 0.190. The van der Waals surface area contributed by atoms with Crippen LogP contribution in [0.3, 0.4) is 0 Å². The number of esters is 1. The predicted octanol–water partition coefficient (Wildman–Crippen LogP) is 3.06. The fraction of sp³-hybridized carbons (Fsp3) is 0.300. The van der Waals surface area contributed by atoms with E-state index in [0.717, 1.165) is 6.26 Å². The molecule has 1 atom stereocenters. The zero-order valence-electron chi connectivity index (χ0n) is 15.5. The summed E-state index contributed by atoms with van der Waals surface area (Å²) in [5.74, 6) is -0.407. The summed E-state index contributed by atoms with van der Waals surface area (Å²) in [6.45, 7) is 3.91. The average Bonchev–Trinajstić information content (AvgIpc) is 2.61. The Morgan fingerprint density at radius 3 is 2.04 bits per heavy atom. The smallest absolute Gasteiger partial charge is 0.338 e. The highest BCUT2D eigenvalue weighted by Crippen LogP contribution is 2.15. The van der Waals surface area contributed by atoms with Crippen LogP contribution in [-0.2, 0) is 20.3 Å². The fourth-order valence-electron chi connectivity index (χ4n) is 2.44. The van der Waals surface area contributed by atoms with Crippen molar-refractivity contribution in [2.45, 2.75) is 25.7 Å². The van der Waals surface area contributed by atoms with E-state index in [4.69, 9.17) is 9.47 Å². The Balaban J connectivity index is 2.00. The zero-order chi connectivity index (χ0) is 20.0. The van der Waals surface area contributed by atoms with Gasteiger partial charge < -0.3 is 9.47 Å². The Kier molecular flexibility index (Phi) is 6.74. The molecule has 0 saturated carbocycles. The molecule has 0 aromatic heterocycles. The van der Waals surface area contributed by atoms with Crippen molar-refractivity contribution in [2.24, 2.45) is 0 Å². The standard InChI is InChI=1S/C20H22O6S/c1-4-25-18-11-9-16(10-12-18)19(21)14(2)26-20(22)17-7-5-15(6-8-17)13-27(3,23)24/h5-12,14H,4,13H2,1-3H3/t14-/m1/s1. The second-order valence-corrected chi connectivity index (χ2v) is 8.28. The molecule has 0 unspecified atom stereocenters. The molecule has 0 saturated heterocycles. The summed E-state index contributed by atoms with van der Waals surface area (Å²) in [7, 11) is -3.15. The molecule has 0 radical (unpaired) electrons. The van der Waals surface area contributed by atoms with Crippen molar-refractivity contribution in [2.75, 3.05) is 12.9 Å². The molecule has 0 fully saturated rings. The van der Waals surface area contributed by atoms with Crippen LogP contribution in [0.4, 0.5) is 0 Å². The number of hydrogen-bond acceptors (Lipinski definition) is 6. The number of sulfone groups is 1. The molecule has 6 nitrogen and oxygen atoms in total. The molecule has 0 spiro atoms. The number of carbonyl (C=O) groups is 2. The minimum absolute atomic E-state index is 0.102. The van der Waals surface area contributed by atoms with E-state index in [-0.39, 0.29) is 17.1 Å². The molecule has 0 aliphatic rings. The molecule has 0 amide bonds. The second kappa shape index (κ2) is 8.81. The third kappa shape index (κ3) is 6.21. The van der Waals surface area contributed by atoms with E-state index in [0.29, 0.717) is 23.5 Å². The first kappa shape index (κ1) is 20.6. The summed E-state index contributed by atoms with van der Waals surface area (Å²) >= 11 is 0. The van der Waals surface area contributed by atoms with E-state index in [1.165, 1.54) is 19.1 Å². The van der Waals surface area contributed by atoms with Crippen LogP contribution in [0.5, 0.6) is 5.75 Å². The molecule has 144 valence electrons. The minimum Gasteiger partial charge on any atom is -0.494 e. The number of ether oxygens (including phenoxy) is 2. The van der Waals surface area contributed by atoms with Gasteiger partial charge in [-0.1, -0.05) is 12.1 Å². The van der Waals surface area contributed by atoms with Gasteiger partial charge >= 0.3 is 5.97 Å². The number of Topliss-reactive ketones (excluding diaryl/α,β-unsaturated/α-hetero) is 1. The molecular weight excluding hydrogens is 368 g/mol. The molecule has 0 aliphatic heterocycles. The average molecular weight is 390 g/mol. The highest BCUT2D eigenvalue weighted by Gasteiger charge is 2.20. The summed E-state index contributed by atoms with van der Waals surface area (Å²) in [4.78, 5) is 24.6. The first-order valence-electron chi connectivity index (χ1n) is 8.44. The third-order valence-corrected chi connectivity index (χ3v) is 4.58. The Bertz CT molecular complexity index is 898. The van der Waals surface area contributed by atoms with Gasteiger partial charge in [0.2, 0.25) is 5.78 Å². The molecule has 0 heterocycles. The molecule has 2 aromatic carbocycles. The normalized spacial score (nSPS) is 12.3. The molecule has 0 N–H and O–H groups in total. The number of ketones is 1. The molecule has 7 heteroatoms. The van der Waals surface area contributed by atoms with Crippen LogP contribution in [0.1, 0.15) is 40.1 Å². The van der Waals surface area contributed by atoms with Gasteiger partial charge in [0.15, 0.2) is 15.9 Å². The van der Waals surface area contributed by atoms with Crippen molar-refractivity contribution in [3.63, 3.8) is 0 Å². The largest absolute Gasteiger partial charge is 0.494 e. The number of rotatable bonds is 8. The van der Waals surface area contributed by atoms with Crippen LogP contribution < -0.4 is 4.74 Å². The van der Waals surface area contributed by atoms with Crippen LogP contribution in [-0.4, -0.2) is 39.1 Å². The lowest BCUT2D eigenvalue weighted by atomic mass is 10.1. The Labute approximate surface area is 159 Å². The van der Waals surface area contributed by atoms with Gasteiger partial charge in [-0.15, -0.1) is 0 Å². The Morgan fingerprint density at radius 2 is 1.52 bits per heavy atom. The summed E-state index contributed by atoms with van der Waals surface area (Å²) in [5, 5.41) is 0. The minimum atomic E-state index is -3.15. The maximum atomic E-state index is 12.4. The van der Waals surface area contributed by atoms with Crippen molar-refractivity contribution in [1.82, 2.24) is 0 Å². The maximum Gasteiger partial charge on any atom is 0.338 e. The Morgan fingerprint density at radius 1 is 0.963 bits per heavy atom. The first-order chi connectivity index (χ1) is 12.7. The fourth-order valence-corrected chi connectivity index (χ4v) is 3.24. The van der Waals surface area contributed by atoms with Crippen LogP contribution in [0.25, 0.3) is 0 Å². The molecule has 2 aromatic rings. The summed E-state index contributed by atoms with van der Waals surface area (Å²) < 4.78 is 33.2. The van der Waals surface area contributed by atoms with Gasteiger partial charge in [-0.25, -0.2) is 13.2 Å². The van der Waals surface area contributed by atoms with Crippen molar-refractivity contribution in [3.8, 4) is 5.75 Å². The van der Waals surface area contributed by atoms with E-state index in [1.54, 1.807) is 36.4 Å². The van der Waals surface area contributed by atoms with E-state index in [2.05, 4.69) is 0 Å². The SMILES string of the molecule is CCOc1ccc(C(=O)[C@@H](C)OC(=O)c2ccc(CS(C)(=O)=O)cc2)cc1. The van der Waals surface area contributed by atoms with E-state index >= 15 is 0 Å². The molecular formula is C20H22O6S. The van der Waals surface area contributed by atoms with E-state index in [1.807, 2.05) is 6.92 Å². The lowest BCUT2D eigenvalue weighted by Gasteiger charge is -2.13. The molecule has 27 heavy (non-hydrogen) atoms. The monoisotopic (exact) mass is 390 g/mol. The first-order valence-corrected chi connectivity index (χ1v) is 10.5. The van der Waals surface area contributed by atoms with Gasteiger partial charge in [-0.2, -0.15) is 0 Å². The predicted molar refractivity (Wildman–Crippen MR) is 102 cm³/mol. The quantitative estimate of drug-likeness (QED) is 0.509. The van der Waals surface area contributed by atoms with Crippen LogP contribution >= 0.6 is 0 Å². The van der Waals surface area contributed by atoms with Crippen LogP contribution in [0.2, 0.25) is 0 Å². The zero-order valence-corrected chi connectivity index (χ0v) is 16.3. The number of carbonyl (C=O) groups excluding carboxylic acids is 2. The highest BCUT2D eigenvalue weighted by molar-refractivity contribution is 7.89. The lowest BCUT2D eigenvalue weighted by Crippen LogP contribution is -2.24. The topological polar surface area (TPSA) is 86.7 Å². The second-order valence-electron chi connectivity index (χ2n) is 6.14. The number of benzene rings is 2. The molecule has 0 bridgehead atoms. The summed E-state index contributed by atoms with van der Waals surface area (Å²) in [6, 6.07) is 12.7. The van der Waals surface area contributed by atoms with Gasteiger partial charge in [-0.05, 0) is 55.8 Å². The van der Waals surface area contributed by atoms with Crippen molar-refractivity contribution >= 4 is 21.6 Å². The van der Waals surface area contributed by atoms with Gasteiger partial charge in [0.1, 0.15) is 5.75 Å². The Hall–Kier alpha value is -2.67. The lowest BCUT2D eigenvalue weighted by molar-refractivity contribution is 0.0319. The van der Waals surface area contributed by atoms with E-state index in [9.17, 15) is 18.0 Å². The van der Waals surface area contributed by atoms with Gasteiger partial charge in [0.05, 0.1) is 17.9 Å². The van der Waals surface area contributed by atoms with Crippen molar-refractivity contribution in [1.29, 1.82) is 0 Å². The van der Waals surface area contributed by atoms with Gasteiger partial charge in [0, 0.05) is 11.8 Å². The van der Waals surface area contributed by atoms with Gasteiger partial charge in [-0.3, -0.25) is 4.79 Å². The molecule has 2 rings (SSSR count). The van der Waals surface area contributed by atoms with Crippen LogP contribution in [0.15, 0.2) is 48.5 Å². The van der Waals surface area contributed by atoms with Crippen molar-refractivity contribution in [3.05, 3.63) is 65.2 Å². The van der Waals surface area contributed by atoms with Gasteiger partial charge in [0.25, 0.3) is 0 Å². The third-order valence-electron chi connectivity index (χ3n) is 3.72. The summed E-state index contributed by atoms with van der Waals surface area (Å²) in [5.41, 5.74) is 1.24. The van der Waals surface area contributed by atoms with Crippen molar-refractivity contribution < 1.29 is 27.5 Å².